The van der Waals surface area contributed by atoms with E-state index in [0.717, 1.165) is 18.9 Å². The zero-order valence-corrected chi connectivity index (χ0v) is 11.7. The summed E-state index contributed by atoms with van der Waals surface area (Å²) in [7, 11) is -1.04. The number of aliphatic imine (C=N–C) groups is 1. The van der Waals surface area contributed by atoms with Crippen LogP contribution in [0.5, 0.6) is 0 Å². The number of rotatable bonds is 3. The van der Waals surface area contributed by atoms with E-state index in [9.17, 15) is 0 Å². The van der Waals surface area contributed by atoms with Crippen LogP contribution in [0.15, 0.2) is 35.3 Å². The molecule has 0 spiro atoms. The molecular formula is C11H19N3O4S. The Morgan fingerprint density at radius 3 is 2.21 bits per heavy atom. The molecular weight excluding hydrogens is 270 g/mol. The molecule has 4 N–H and O–H groups in total. The lowest BCUT2D eigenvalue weighted by atomic mass is 10.1. The first-order chi connectivity index (χ1) is 8.86. The second-order valence-electron chi connectivity index (χ2n) is 3.43. The van der Waals surface area contributed by atoms with Crippen LogP contribution < -0.4 is 10.6 Å². The minimum Gasteiger partial charge on any atom is -0.359 e. The van der Waals surface area contributed by atoms with Crippen LogP contribution in [0, 0.1) is 0 Å². The number of guanidine groups is 1. The van der Waals surface area contributed by atoms with Crippen molar-refractivity contribution in [1.29, 1.82) is 0 Å². The van der Waals surface area contributed by atoms with E-state index in [-0.39, 0.29) is 0 Å². The van der Waals surface area contributed by atoms with Crippen LogP contribution in [0.25, 0.3) is 0 Å². The van der Waals surface area contributed by atoms with Gasteiger partial charge >= 0.3 is 10.4 Å². The van der Waals surface area contributed by atoms with E-state index in [0.29, 0.717) is 0 Å². The standard InChI is InChI=1S/C11H17N3.H2O4S/c1-12-11(13-2)14-9-8-10-6-4-3-5-7-10;1-5(2,3)4/h3-7H,8-9H2,1-2H3,(H2,12,13,14);(H2,1,2,3,4). The van der Waals surface area contributed by atoms with Crippen molar-refractivity contribution in [2.24, 2.45) is 4.99 Å². The molecule has 0 aliphatic carbocycles. The number of nitrogens with one attached hydrogen (secondary N) is 2. The van der Waals surface area contributed by atoms with Crippen molar-refractivity contribution in [3.8, 4) is 0 Å². The molecule has 8 heteroatoms. The Kier molecular flexibility index (Phi) is 8.51. The Morgan fingerprint density at radius 1 is 1.26 bits per heavy atom. The SMILES string of the molecule is CN=C(NC)NCCc1ccccc1.O=S(=O)(O)O. The van der Waals surface area contributed by atoms with Gasteiger partial charge in [-0.1, -0.05) is 30.3 Å². The molecule has 0 saturated heterocycles. The van der Waals surface area contributed by atoms with Gasteiger partial charge in [-0.25, -0.2) is 0 Å². The topological polar surface area (TPSA) is 111 Å². The molecule has 0 atom stereocenters. The van der Waals surface area contributed by atoms with Crippen molar-refractivity contribution in [2.75, 3.05) is 20.6 Å². The fourth-order valence-electron chi connectivity index (χ4n) is 1.25. The molecule has 0 saturated carbocycles. The van der Waals surface area contributed by atoms with Gasteiger partial charge in [0.15, 0.2) is 5.96 Å². The van der Waals surface area contributed by atoms with E-state index >= 15 is 0 Å². The van der Waals surface area contributed by atoms with E-state index in [1.165, 1.54) is 5.56 Å². The maximum Gasteiger partial charge on any atom is 0.394 e. The quantitative estimate of drug-likeness (QED) is 0.363. The van der Waals surface area contributed by atoms with Crippen molar-refractivity contribution in [3.63, 3.8) is 0 Å². The smallest absolute Gasteiger partial charge is 0.359 e. The Balaban J connectivity index is 0.000000555. The molecule has 108 valence electrons. The summed E-state index contributed by atoms with van der Waals surface area (Å²) in [6, 6.07) is 10.4. The molecule has 1 aromatic rings. The summed E-state index contributed by atoms with van der Waals surface area (Å²) in [5.41, 5.74) is 1.34. The van der Waals surface area contributed by atoms with E-state index in [1.54, 1.807) is 7.05 Å². The Labute approximate surface area is 113 Å². The van der Waals surface area contributed by atoms with Gasteiger partial charge in [0.1, 0.15) is 0 Å². The maximum absolute atomic E-state index is 8.74. The van der Waals surface area contributed by atoms with Gasteiger partial charge < -0.3 is 10.6 Å². The highest BCUT2D eigenvalue weighted by molar-refractivity contribution is 7.79. The lowest BCUT2D eigenvalue weighted by Crippen LogP contribution is -2.35. The highest BCUT2D eigenvalue weighted by atomic mass is 32.3. The van der Waals surface area contributed by atoms with Crippen LogP contribution >= 0.6 is 0 Å². The van der Waals surface area contributed by atoms with Crippen LogP contribution in [0.2, 0.25) is 0 Å². The van der Waals surface area contributed by atoms with Crippen molar-refractivity contribution >= 4 is 16.4 Å². The lowest BCUT2D eigenvalue weighted by molar-refractivity contribution is 0.381. The highest BCUT2D eigenvalue weighted by Crippen LogP contribution is 1.97. The Morgan fingerprint density at radius 2 is 1.79 bits per heavy atom. The Bertz CT molecular complexity index is 466. The van der Waals surface area contributed by atoms with Gasteiger partial charge in [-0.05, 0) is 12.0 Å². The zero-order valence-electron chi connectivity index (χ0n) is 10.9. The van der Waals surface area contributed by atoms with Gasteiger partial charge in [-0.3, -0.25) is 14.1 Å². The first kappa shape index (κ1) is 17.4. The summed E-state index contributed by atoms with van der Waals surface area (Å²) in [6.45, 7) is 0.900. The van der Waals surface area contributed by atoms with Gasteiger partial charge in [-0.2, -0.15) is 8.42 Å². The first-order valence-corrected chi connectivity index (χ1v) is 6.88. The molecule has 0 bridgehead atoms. The van der Waals surface area contributed by atoms with Crippen LogP contribution in [-0.2, 0) is 16.8 Å². The second-order valence-corrected chi connectivity index (χ2v) is 4.33. The van der Waals surface area contributed by atoms with Crippen LogP contribution in [-0.4, -0.2) is 44.1 Å². The number of hydrogen-bond donors (Lipinski definition) is 4. The summed E-state index contributed by atoms with van der Waals surface area (Å²) in [5, 5.41) is 6.18. The maximum atomic E-state index is 8.74. The molecule has 0 heterocycles. The molecule has 0 aliphatic heterocycles. The van der Waals surface area contributed by atoms with Crippen LogP contribution in [0.1, 0.15) is 5.56 Å². The zero-order chi connectivity index (χ0) is 14.7. The van der Waals surface area contributed by atoms with E-state index in [1.807, 2.05) is 13.1 Å². The number of benzene rings is 1. The van der Waals surface area contributed by atoms with Gasteiger partial charge in [0.25, 0.3) is 0 Å². The van der Waals surface area contributed by atoms with Gasteiger partial charge in [0.2, 0.25) is 0 Å². The Hall–Kier alpha value is -1.64. The highest BCUT2D eigenvalue weighted by Gasteiger charge is 1.93. The molecule has 0 aliphatic rings. The summed E-state index contributed by atoms with van der Waals surface area (Å²) < 4.78 is 31.6. The largest absolute Gasteiger partial charge is 0.394 e. The predicted octanol–water partition coefficient (Wildman–Crippen LogP) is 0.371. The summed E-state index contributed by atoms with van der Waals surface area (Å²) in [6.07, 6.45) is 1.02. The van der Waals surface area contributed by atoms with E-state index < -0.39 is 10.4 Å². The molecule has 19 heavy (non-hydrogen) atoms. The summed E-state index contributed by atoms with van der Waals surface area (Å²) in [5.74, 6) is 0.834. The van der Waals surface area contributed by atoms with Crippen molar-refractivity contribution in [3.05, 3.63) is 35.9 Å². The molecule has 0 aromatic heterocycles. The minimum atomic E-state index is -4.67. The molecule has 0 amide bonds. The average molecular weight is 289 g/mol. The summed E-state index contributed by atoms with van der Waals surface area (Å²) >= 11 is 0. The number of hydrogen-bond acceptors (Lipinski definition) is 3. The van der Waals surface area contributed by atoms with Gasteiger partial charge in [0.05, 0.1) is 0 Å². The van der Waals surface area contributed by atoms with Crippen LogP contribution in [0.3, 0.4) is 0 Å². The second kappa shape index (κ2) is 9.31. The molecule has 7 nitrogen and oxygen atoms in total. The fraction of sp³-hybridized carbons (Fsp3) is 0.364. The summed E-state index contributed by atoms with van der Waals surface area (Å²) in [4.78, 5) is 4.03. The van der Waals surface area contributed by atoms with Crippen LogP contribution in [0.4, 0.5) is 0 Å². The normalized spacial score (nSPS) is 11.3. The van der Waals surface area contributed by atoms with Crippen molar-refractivity contribution < 1.29 is 17.5 Å². The monoisotopic (exact) mass is 289 g/mol. The fourth-order valence-corrected chi connectivity index (χ4v) is 1.25. The minimum absolute atomic E-state index is 0.834. The van der Waals surface area contributed by atoms with E-state index in [4.69, 9.17) is 17.5 Å². The third-order valence-electron chi connectivity index (χ3n) is 2.01. The van der Waals surface area contributed by atoms with Crippen molar-refractivity contribution in [1.82, 2.24) is 10.6 Å². The van der Waals surface area contributed by atoms with Crippen molar-refractivity contribution in [2.45, 2.75) is 6.42 Å². The molecule has 1 rings (SSSR count). The average Bonchev–Trinajstić information content (AvgIpc) is 2.34. The van der Waals surface area contributed by atoms with Gasteiger partial charge in [-0.15, -0.1) is 0 Å². The third kappa shape index (κ3) is 12.6. The first-order valence-electron chi connectivity index (χ1n) is 5.49. The lowest BCUT2D eigenvalue weighted by Gasteiger charge is -2.07. The molecule has 0 fully saturated rings. The molecule has 1 aromatic carbocycles. The molecule has 0 unspecified atom stereocenters. The number of nitrogens with zero attached hydrogens (tertiary/aromatic N) is 1. The van der Waals surface area contributed by atoms with Gasteiger partial charge in [0, 0.05) is 20.6 Å². The molecule has 0 radical (unpaired) electrons. The predicted molar refractivity (Wildman–Crippen MR) is 74.7 cm³/mol. The van der Waals surface area contributed by atoms with E-state index in [2.05, 4.69) is 39.9 Å². The third-order valence-corrected chi connectivity index (χ3v) is 2.01.